The van der Waals surface area contributed by atoms with Crippen molar-refractivity contribution >= 4 is 0 Å². The van der Waals surface area contributed by atoms with E-state index in [-0.39, 0.29) is 6.61 Å². The summed E-state index contributed by atoms with van der Waals surface area (Å²) in [4.78, 5) is 0. The van der Waals surface area contributed by atoms with Gasteiger partial charge < -0.3 is 5.11 Å². The molecular formula is C15H24O. The average molecular weight is 220 g/mol. The van der Waals surface area contributed by atoms with Crippen LogP contribution in [0.25, 0.3) is 0 Å². The molecule has 1 nitrogen and oxygen atoms in total. The van der Waals surface area contributed by atoms with E-state index >= 15 is 0 Å². The van der Waals surface area contributed by atoms with Gasteiger partial charge in [-0.25, -0.2) is 0 Å². The lowest BCUT2D eigenvalue weighted by molar-refractivity contribution is 0.240. The molecular weight excluding hydrogens is 196 g/mol. The molecule has 0 aromatic rings. The normalized spacial score (nSPS) is 38.4. The van der Waals surface area contributed by atoms with Crippen molar-refractivity contribution in [2.24, 2.45) is 17.3 Å². The van der Waals surface area contributed by atoms with E-state index in [1.54, 1.807) is 0 Å². The summed E-state index contributed by atoms with van der Waals surface area (Å²) < 4.78 is 0. The van der Waals surface area contributed by atoms with Gasteiger partial charge in [0.2, 0.25) is 0 Å². The highest BCUT2D eigenvalue weighted by Gasteiger charge is 2.49. The molecule has 16 heavy (non-hydrogen) atoms. The van der Waals surface area contributed by atoms with Crippen molar-refractivity contribution in [2.45, 2.75) is 46.0 Å². The molecule has 90 valence electrons. The fourth-order valence-electron chi connectivity index (χ4n) is 3.65. The Hall–Kier alpha value is -0.560. The first-order valence-electron chi connectivity index (χ1n) is 6.53. The Morgan fingerprint density at radius 1 is 1.56 bits per heavy atom. The van der Waals surface area contributed by atoms with E-state index in [9.17, 15) is 0 Å². The number of aliphatic hydroxyl groups is 1. The van der Waals surface area contributed by atoms with Crippen LogP contribution in [0.4, 0.5) is 0 Å². The molecule has 3 atom stereocenters. The maximum absolute atomic E-state index is 8.96. The minimum atomic E-state index is 0.198. The summed E-state index contributed by atoms with van der Waals surface area (Å²) in [6.07, 6.45) is 8.66. The summed E-state index contributed by atoms with van der Waals surface area (Å²) in [5, 5.41) is 8.96. The Kier molecular flexibility index (Phi) is 3.25. The van der Waals surface area contributed by atoms with Crippen molar-refractivity contribution in [3.63, 3.8) is 0 Å². The predicted octanol–water partition coefficient (Wildman–Crippen LogP) is 3.70. The summed E-state index contributed by atoms with van der Waals surface area (Å²) in [6, 6.07) is 0. The highest BCUT2D eigenvalue weighted by Crippen LogP contribution is 2.60. The van der Waals surface area contributed by atoms with E-state index in [2.05, 4.69) is 19.6 Å². The van der Waals surface area contributed by atoms with E-state index < -0.39 is 0 Å². The molecule has 0 aliphatic heterocycles. The van der Waals surface area contributed by atoms with E-state index in [4.69, 9.17) is 5.11 Å². The van der Waals surface area contributed by atoms with Crippen molar-refractivity contribution in [1.82, 2.24) is 0 Å². The Bertz CT molecular complexity index is 315. The van der Waals surface area contributed by atoms with Crippen LogP contribution in [0.1, 0.15) is 46.0 Å². The summed E-state index contributed by atoms with van der Waals surface area (Å²) in [6.45, 7) is 8.94. The lowest BCUT2D eigenvalue weighted by atomic mass is 9.69. The van der Waals surface area contributed by atoms with Gasteiger partial charge in [0, 0.05) is 0 Å². The molecule has 0 amide bonds. The second-order valence-electron chi connectivity index (χ2n) is 5.90. The number of hydrogen-bond acceptors (Lipinski definition) is 1. The number of rotatable bonds is 4. The van der Waals surface area contributed by atoms with Crippen molar-refractivity contribution in [3.8, 4) is 0 Å². The third-order valence-corrected chi connectivity index (χ3v) is 4.97. The van der Waals surface area contributed by atoms with Gasteiger partial charge in [0.05, 0.1) is 6.61 Å². The third-order valence-electron chi connectivity index (χ3n) is 4.97. The summed E-state index contributed by atoms with van der Waals surface area (Å²) in [5.74, 6) is 1.70. The van der Waals surface area contributed by atoms with Crippen molar-refractivity contribution in [1.29, 1.82) is 0 Å². The maximum Gasteiger partial charge on any atom is 0.0639 e. The van der Waals surface area contributed by atoms with E-state index in [0.29, 0.717) is 5.41 Å². The van der Waals surface area contributed by atoms with Gasteiger partial charge >= 0.3 is 0 Å². The summed E-state index contributed by atoms with van der Waals surface area (Å²) in [5.41, 5.74) is 2.99. The molecule has 0 radical (unpaired) electrons. The Balaban J connectivity index is 1.96. The van der Waals surface area contributed by atoms with Crippen LogP contribution in [-0.2, 0) is 0 Å². The van der Waals surface area contributed by atoms with Gasteiger partial charge in [-0.2, -0.15) is 0 Å². The lowest BCUT2D eigenvalue weighted by Crippen LogP contribution is -2.26. The summed E-state index contributed by atoms with van der Waals surface area (Å²) in [7, 11) is 0. The van der Waals surface area contributed by atoms with Crippen LogP contribution in [0.5, 0.6) is 0 Å². The number of allylic oxidation sites excluding steroid dienone is 2. The van der Waals surface area contributed by atoms with Gasteiger partial charge in [0.25, 0.3) is 0 Å². The van der Waals surface area contributed by atoms with Crippen molar-refractivity contribution < 1.29 is 5.11 Å². The topological polar surface area (TPSA) is 20.2 Å². The average Bonchev–Trinajstić information content (AvgIpc) is 2.83. The van der Waals surface area contributed by atoms with Crippen molar-refractivity contribution in [2.75, 3.05) is 6.61 Å². The first kappa shape index (κ1) is 11.9. The SMILES string of the molecule is C=C1[C@@H]2CC[C@@H](C2)[C@@]1(C)CC/C=C(\C)CO. The fraction of sp³-hybridized carbons (Fsp3) is 0.733. The molecule has 2 aliphatic rings. The molecule has 0 saturated heterocycles. The molecule has 0 aromatic carbocycles. The first-order chi connectivity index (χ1) is 7.58. The highest BCUT2D eigenvalue weighted by molar-refractivity contribution is 5.24. The van der Waals surface area contributed by atoms with Gasteiger partial charge in [-0.15, -0.1) is 0 Å². The molecule has 0 heterocycles. The highest BCUT2D eigenvalue weighted by atomic mass is 16.3. The predicted molar refractivity (Wildman–Crippen MR) is 68.2 cm³/mol. The number of fused-ring (bicyclic) bond motifs is 2. The van der Waals surface area contributed by atoms with Crippen molar-refractivity contribution in [3.05, 3.63) is 23.8 Å². The van der Waals surface area contributed by atoms with Gasteiger partial charge in [0.15, 0.2) is 0 Å². The third kappa shape index (κ3) is 1.86. The zero-order valence-electron chi connectivity index (χ0n) is 10.6. The molecule has 2 bridgehead atoms. The van der Waals surface area contributed by atoms with Gasteiger partial charge in [0.1, 0.15) is 0 Å². The van der Waals surface area contributed by atoms with Crippen LogP contribution in [0.15, 0.2) is 23.8 Å². The van der Waals surface area contributed by atoms with E-state index in [0.717, 1.165) is 23.8 Å². The van der Waals surface area contributed by atoms with Crippen LogP contribution in [0.2, 0.25) is 0 Å². The Morgan fingerprint density at radius 2 is 2.31 bits per heavy atom. The Morgan fingerprint density at radius 3 is 2.88 bits per heavy atom. The Labute approximate surface area is 99.3 Å². The molecule has 0 unspecified atom stereocenters. The first-order valence-corrected chi connectivity index (χ1v) is 6.53. The van der Waals surface area contributed by atoms with Gasteiger partial charge in [-0.05, 0) is 56.3 Å². The van der Waals surface area contributed by atoms with E-state index in [1.165, 1.54) is 31.3 Å². The zero-order valence-corrected chi connectivity index (χ0v) is 10.6. The molecule has 1 heteroatoms. The molecule has 1 N–H and O–H groups in total. The molecule has 2 aliphatic carbocycles. The lowest BCUT2D eigenvalue weighted by Gasteiger charge is -2.36. The molecule has 2 rings (SSSR count). The number of aliphatic hydroxyl groups excluding tert-OH is 1. The van der Waals surface area contributed by atoms with Gasteiger partial charge in [-0.3, -0.25) is 0 Å². The quantitative estimate of drug-likeness (QED) is 0.716. The van der Waals surface area contributed by atoms with Crippen LogP contribution in [0.3, 0.4) is 0 Å². The van der Waals surface area contributed by atoms with Crippen LogP contribution in [-0.4, -0.2) is 11.7 Å². The molecule has 2 fully saturated rings. The second kappa shape index (κ2) is 4.37. The largest absolute Gasteiger partial charge is 0.392 e. The van der Waals surface area contributed by atoms with Crippen LogP contribution < -0.4 is 0 Å². The molecule has 0 aromatic heterocycles. The number of hydrogen-bond donors (Lipinski definition) is 1. The fourth-order valence-corrected chi connectivity index (χ4v) is 3.65. The summed E-state index contributed by atoms with van der Waals surface area (Å²) >= 11 is 0. The monoisotopic (exact) mass is 220 g/mol. The maximum atomic E-state index is 8.96. The van der Waals surface area contributed by atoms with E-state index in [1.807, 2.05) is 6.92 Å². The molecule has 2 saturated carbocycles. The van der Waals surface area contributed by atoms with Crippen LogP contribution >= 0.6 is 0 Å². The molecule has 0 spiro atoms. The standard InChI is InChI=1S/C15H24O/c1-11(10-16)5-4-8-15(3)12(2)13-6-7-14(15)9-13/h5,13-14,16H,2,4,6-10H2,1,3H3/b11-5+/t13-,14+,15+/m1/s1. The minimum Gasteiger partial charge on any atom is -0.392 e. The van der Waals surface area contributed by atoms with Crippen LogP contribution in [0, 0.1) is 17.3 Å². The zero-order chi connectivity index (χ0) is 11.8. The van der Waals surface area contributed by atoms with Gasteiger partial charge in [-0.1, -0.05) is 30.7 Å². The smallest absolute Gasteiger partial charge is 0.0639 e. The minimum absolute atomic E-state index is 0.198. The second-order valence-corrected chi connectivity index (χ2v) is 5.90.